The first-order chi connectivity index (χ1) is 12.1. The highest BCUT2D eigenvalue weighted by molar-refractivity contribution is 7.99. The van der Waals surface area contributed by atoms with Crippen molar-refractivity contribution in [1.82, 2.24) is 19.6 Å². The fourth-order valence-corrected chi connectivity index (χ4v) is 4.10. The van der Waals surface area contributed by atoms with E-state index >= 15 is 0 Å². The number of ketones is 1. The van der Waals surface area contributed by atoms with Gasteiger partial charge >= 0.3 is 0 Å². The Kier molecular flexibility index (Phi) is 4.33. The van der Waals surface area contributed by atoms with E-state index in [2.05, 4.69) is 28.9 Å². The molecule has 4 rings (SSSR count). The molecule has 0 N–H and O–H groups in total. The minimum atomic E-state index is 0.0489. The van der Waals surface area contributed by atoms with E-state index in [4.69, 9.17) is 4.42 Å². The number of Topliss-reactive ketones (excluding diaryl/α,β-unsaturated/α-hetero) is 1. The molecule has 0 saturated carbocycles. The molecule has 0 spiro atoms. The SMILES string of the molecule is CC(C)CCSc1nc2nc3c(cn2n1)C(=O)C[C@@H](c1ccco1)C3. The van der Waals surface area contributed by atoms with Gasteiger partial charge in [-0.05, 0) is 24.5 Å². The molecule has 0 saturated heterocycles. The van der Waals surface area contributed by atoms with Crippen molar-refractivity contribution < 1.29 is 9.21 Å². The zero-order valence-corrected chi connectivity index (χ0v) is 15.1. The number of hydrogen-bond donors (Lipinski definition) is 0. The summed E-state index contributed by atoms with van der Waals surface area (Å²) in [6.07, 6.45) is 5.67. The number of nitrogens with zero attached hydrogens (tertiary/aromatic N) is 4. The molecule has 6 nitrogen and oxygen atoms in total. The number of aromatic nitrogens is 4. The normalized spacial score (nSPS) is 17.4. The van der Waals surface area contributed by atoms with E-state index < -0.39 is 0 Å². The summed E-state index contributed by atoms with van der Waals surface area (Å²) in [6.45, 7) is 4.41. The van der Waals surface area contributed by atoms with Crippen molar-refractivity contribution in [3.8, 4) is 0 Å². The van der Waals surface area contributed by atoms with E-state index in [-0.39, 0.29) is 11.7 Å². The highest BCUT2D eigenvalue weighted by Gasteiger charge is 2.30. The van der Waals surface area contributed by atoms with Crippen molar-refractivity contribution in [2.24, 2.45) is 5.92 Å². The van der Waals surface area contributed by atoms with Crippen LogP contribution in [0.2, 0.25) is 0 Å². The molecule has 3 aromatic heterocycles. The van der Waals surface area contributed by atoms with Gasteiger partial charge in [0.15, 0.2) is 5.78 Å². The minimum Gasteiger partial charge on any atom is -0.469 e. The maximum absolute atomic E-state index is 12.5. The lowest BCUT2D eigenvalue weighted by atomic mass is 9.85. The molecule has 25 heavy (non-hydrogen) atoms. The third-order valence-electron chi connectivity index (χ3n) is 4.43. The van der Waals surface area contributed by atoms with Gasteiger partial charge in [0, 0.05) is 30.7 Å². The number of furan rings is 1. The Morgan fingerprint density at radius 3 is 3.00 bits per heavy atom. The number of hydrogen-bond acceptors (Lipinski definition) is 6. The van der Waals surface area contributed by atoms with Gasteiger partial charge in [0.1, 0.15) is 5.76 Å². The van der Waals surface area contributed by atoms with Crippen molar-refractivity contribution in [3.05, 3.63) is 41.6 Å². The van der Waals surface area contributed by atoms with E-state index in [0.717, 1.165) is 23.6 Å². The Labute approximate surface area is 150 Å². The molecule has 1 atom stereocenters. The topological polar surface area (TPSA) is 73.3 Å². The largest absolute Gasteiger partial charge is 0.469 e. The molecule has 3 heterocycles. The second kappa shape index (κ2) is 6.63. The molecule has 0 fully saturated rings. The molecular formula is C18H20N4O2S. The van der Waals surface area contributed by atoms with Crippen LogP contribution < -0.4 is 0 Å². The third kappa shape index (κ3) is 3.33. The summed E-state index contributed by atoms with van der Waals surface area (Å²) < 4.78 is 7.10. The monoisotopic (exact) mass is 356 g/mol. The van der Waals surface area contributed by atoms with Crippen LogP contribution >= 0.6 is 11.8 Å². The number of carbonyl (C=O) groups excluding carboxylic acids is 1. The average Bonchev–Trinajstić information content (AvgIpc) is 3.21. The van der Waals surface area contributed by atoms with Crippen molar-refractivity contribution in [1.29, 1.82) is 0 Å². The third-order valence-corrected chi connectivity index (χ3v) is 5.31. The fourth-order valence-electron chi connectivity index (χ4n) is 3.04. The molecule has 0 unspecified atom stereocenters. The van der Waals surface area contributed by atoms with Crippen LogP contribution in [0.15, 0.2) is 34.2 Å². The zero-order chi connectivity index (χ0) is 17.4. The first kappa shape index (κ1) is 16.3. The molecule has 0 aromatic carbocycles. The summed E-state index contributed by atoms with van der Waals surface area (Å²) >= 11 is 1.63. The zero-order valence-electron chi connectivity index (χ0n) is 14.3. The lowest BCUT2D eigenvalue weighted by molar-refractivity contribution is 0.0958. The standard InChI is InChI=1S/C18H20N4O2S/c1-11(2)5-7-25-18-20-17-19-14-8-12(16-4-3-6-24-16)9-15(23)13(14)10-22(17)21-18/h3-4,6,10-12H,5,7-9H2,1-2H3/t12-/m0/s1. The summed E-state index contributed by atoms with van der Waals surface area (Å²) in [7, 11) is 0. The Hall–Kier alpha value is -2.15. The van der Waals surface area contributed by atoms with E-state index in [1.165, 1.54) is 0 Å². The Morgan fingerprint density at radius 1 is 1.36 bits per heavy atom. The highest BCUT2D eigenvalue weighted by atomic mass is 32.2. The number of thioether (sulfide) groups is 1. The van der Waals surface area contributed by atoms with E-state index in [0.29, 0.717) is 35.3 Å². The molecule has 3 aromatic rings. The van der Waals surface area contributed by atoms with Crippen molar-refractivity contribution in [3.63, 3.8) is 0 Å². The predicted octanol–water partition coefficient (Wildman–Crippen LogP) is 3.77. The van der Waals surface area contributed by atoms with E-state index in [1.54, 1.807) is 28.7 Å². The van der Waals surface area contributed by atoms with Gasteiger partial charge in [-0.25, -0.2) is 9.50 Å². The van der Waals surface area contributed by atoms with Crippen molar-refractivity contribution in [2.45, 2.75) is 44.2 Å². The van der Waals surface area contributed by atoms with Gasteiger partial charge in [-0.1, -0.05) is 25.6 Å². The van der Waals surface area contributed by atoms with Gasteiger partial charge < -0.3 is 4.42 Å². The summed E-state index contributed by atoms with van der Waals surface area (Å²) in [5, 5.41) is 5.17. The van der Waals surface area contributed by atoms with E-state index in [9.17, 15) is 4.79 Å². The molecule has 0 radical (unpaired) electrons. The molecule has 7 heteroatoms. The second-order valence-corrected chi connectivity index (χ2v) is 7.88. The van der Waals surface area contributed by atoms with Crippen LogP contribution in [0.5, 0.6) is 0 Å². The van der Waals surface area contributed by atoms with Crippen LogP contribution in [-0.4, -0.2) is 31.1 Å². The van der Waals surface area contributed by atoms with Gasteiger partial charge in [-0.3, -0.25) is 4.79 Å². The van der Waals surface area contributed by atoms with Gasteiger partial charge in [0.05, 0.1) is 17.5 Å². The summed E-state index contributed by atoms with van der Waals surface area (Å²) in [4.78, 5) is 21.6. The summed E-state index contributed by atoms with van der Waals surface area (Å²) in [5.41, 5.74) is 1.44. The van der Waals surface area contributed by atoms with Crippen LogP contribution in [-0.2, 0) is 6.42 Å². The first-order valence-electron chi connectivity index (χ1n) is 8.56. The van der Waals surface area contributed by atoms with Gasteiger partial charge in [-0.15, -0.1) is 5.10 Å². The first-order valence-corrected chi connectivity index (χ1v) is 9.54. The fraction of sp³-hybridized carbons (Fsp3) is 0.444. The maximum Gasteiger partial charge on any atom is 0.253 e. The van der Waals surface area contributed by atoms with Crippen molar-refractivity contribution >= 4 is 23.3 Å². The maximum atomic E-state index is 12.5. The average molecular weight is 356 g/mol. The van der Waals surface area contributed by atoms with Gasteiger partial charge in [0.25, 0.3) is 5.78 Å². The molecule has 0 amide bonds. The Balaban J connectivity index is 1.60. The molecule has 1 aliphatic rings. The summed E-state index contributed by atoms with van der Waals surface area (Å²) in [6, 6.07) is 3.77. The molecule has 130 valence electrons. The Morgan fingerprint density at radius 2 is 2.24 bits per heavy atom. The van der Waals surface area contributed by atoms with Crippen LogP contribution in [0.1, 0.15) is 54.4 Å². The molecule has 0 bridgehead atoms. The lowest BCUT2D eigenvalue weighted by Crippen LogP contribution is -2.21. The smallest absolute Gasteiger partial charge is 0.253 e. The highest BCUT2D eigenvalue weighted by Crippen LogP contribution is 2.32. The van der Waals surface area contributed by atoms with Gasteiger partial charge in [-0.2, -0.15) is 4.98 Å². The Bertz CT molecular complexity index is 901. The number of rotatable bonds is 5. The molecular weight excluding hydrogens is 336 g/mol. The van der Waals surface area contributed by atoms with Crippen molar-refractivity contribution in [2.75, 3.05) is 5.75 Å². The lowest BCUT2D eigenvalue weighted by Gasteiger charge is -2.20. The minimum absolute atomic E-state index is 0.0489. The van der Waals surface area contributed by atoms with Crippen LogP contribution in [0, 0.1) is 5.92 Å². The predicted molar refractivity (Wildman–Crippen MR) is 95.1 cm³/mol. The van der Waals surface area contributed by atoms with Crippen LogP contribution in [0.25, 0.3) is 5.78 Å². The molecule has 1 aliphatic carbocycles. The molecule has 0 aliphatic heterocycles. The second-order valence-electron chi connectivity index (χ2n) is 6.81. The van der Waals surface area contributed by atoms with E-state index in [1.807, 2.05) is 12.1 Å². The number of carbonyl (C=O) groups is 1. The van der Waals surface area contributed by atoms with Crippen LogP contribution in [0.4, 0.5) is 0 Å². The number of fused-ring (bicyclic) bond motifs is 2. The van der Waals surface area contributed by atoms with Gasteiger partial charge in [0.2, 0.25) is 5.16 Å². The summed E-state index contributed by atoms with van der Waals surface area (Å²) in [5.74, 6) is 3.17. The quantitative estimate of drug-likeness (QED) is 0.648. The van der Waals surface area contributed by atoms with Crippen LogP contribution in [0.3, 0.4) is 0 Å².